The lowest BCUT2D eigenvalue weighted by atomic mass is 10.1. The van der Waals surface area contributed by atoms with Crippen molar-refractivity contribution in [3.05, 3.63) is 22.2 Å². The molecule has 0 bridgehead atoms. The van der Waals surface area contributed by atoms with E-state index in [4.69, 9.17) is 33.7 Å². The predicted octanol–water partition coefficient (Wildman–Crippen LogP) is 2.46. The molecule has 0 aromatic heterocycles. The zero-order valence-electron chi connectivity index (χ0n) is 13.0. The Labute approximate surface area is 151 Å². The Morgan fingerprint density at radius 2 is 1.78 bits per heavy atom. The van der Waals surface area contributed by atoms with Crippen molar-refractivity contribution < 1.29 is 14.3 Å². The van der Waals surface area contributed by atoms with Gasteiger partial charge in [-0.3, -0.25) is 9.59 Å². The van der Waals surface area contributed by atoms with Crippen LogP contribution in [0, 0.1) is 5.92 Å². The molecule has 0 aliphatic heterocycles. The number of methoxy groups -OCH3 is 1. The van der Waals surface area contributed by atoms with Gasteiger partial charge in [-0.1, -0.05) is 37.0 Å². The van der Waals surface area contributed by atoms with Crippen molar-refractivity contribution in [2.45, 2.75) is 19.9 Å². The number of hydrogen-bond acceptors (Lipinski definition) is 4. The number of anilines is 1. The van der Waals surface area contributed by atoms with Crippen LogP contribution in [0.2, 0.25) is 10.0 Å². The topological polar surface area (TPSA) is 93.5 Å². The van der Waals surface area contributed by atoms with E-state index in [1.54, 1.807) is 0 Å². The minimum absolute atomic E-state index is 0. The number of carbonyl (C=O) groups is 2. The maximum absolute atomic E-state index is 11.8. The molecular weight excluding hydrogens is 365 g/mol. The van der Waals surface area contributed by atoms with Gasteiger partial charge >= 0.3 is 0 Å². The molecule has 130 valence electrons. The van der Waals surface area contributed by atoms with E-state index >= 15 is 0 Å². The van der Waals surface area contributed by atoms with Gasteiger partial charge in [-0.05, 0) is 18.1 Å². The van der Waals surface area contributed by atoms with E-state index in [0.29, 0.717) is 11.4 Å². The van der Waals surface area contributed by atoms with Crippen molar-refractivity contribution in [1.29, 1.82) is 0 Å². The van der Waals surface area contributed by atoms with Gasteiger partial charge in [0, 0.05) is 5.69 Å². The number of halogens is 3. The lowest BCUT2D eigenvalue weighted by molar-refractivity contribution is -0.125. The van der Waals surface area contributed by atoms with Crippen molar-refractivity contribution in [2.75, 3.05) is 19.0 Å². The van der Waals surface area contributed by atoms with E-state index in [2.05, 4.69) is 10.6 Å². The average molecular weight is 385 g/mol. The predicted molar refractivity (Wildman–Crippen MR) is 94.7 cm³/mol. The first-order valence-electron chi connectivity index (χ1n) is 6.62. The second-order valence-electron chi connectivity index (χ2n) is 5.01. The first-order chi connectivity index (χ1) is 10.3. The molecule has 4 N–H and O–H groups in total. The zero-order chi connectivity index (χ0) is 16.9. The van der Waals surface area contributed by atoms with Crippen LogP contribution in [0.25, 0.3) is 0 Å². The zero-order valence-corrected chi connectivity index (χ0v) is 15.3. The monoisotopic (exact) mass is 383 g/mol. The molecule has 0 unspecified atom stereocenters. The fraction of sp³-hybridized carbons (Fsp3) is 0.429. The molecule has 0 aliphatic carbocycles. The molecule has 0 aliphatic rings. The van der Waals surface area contributed by atoms with Crippen LogP contribution in [0.15, 0.2) is 12.1 Å². The standard InChI is InChI=1S/C14H19Cl2N3O3.ClH/c1-7(2)12(17)14(21)18-6-11(20)19-8-4-9(15)13(22-3)10(16)5-8;/h4-5,7,12H,6,17H2,1-3H3,(H,18,21)(H,19,20);1H/t12-;/m0./s1. The highest BCUT2D eigenvalue weighted by Crippen LogP contribution is 2.35. The van der Waals surface area contributed by atoms with E-state index < -0.39 is 11.9 Å². The van der Waals surface area contributed by atoms with E-state index in [0.717, 1.165) is 0 Å². The minimum Gasteiger partial charge on any atom is -0.494 e. The van der Waals surface area contributed by atoms with Crippen LogP contribution in [0.3, 0.4) is 0 Å². The van der Waals surface area contributed by atoms with Crippen molar-refractivity contribution >= 4 is 53.1 Å². The summed E-state index contributed by atoms with van der Waals surface area (Å²) in [5, 5.41) is 5.60. The van der Waals surface area contributed by atoms with Gasteiger partial charge in [0.05, 0.1) is 29.7 Å². The van der Waals surface area contributed by atoms with E-state index in [1.807, 2.05) is 13.8 Å². The van der Waals surface area contributed by atoms with Crippen LogP contribution in [0.1, 0.15) is 13.8 Å². The molecule has 9 heteroatoms. The minimum atomic E-state index is -0.655. The van der Waals surface area contributed by atoms with Crippen molar-refractivity contribution in [3.8, 4) is 5.75 Å². The maximum atomic E-state index is 11.8. The van der Waals surface area contributed by atoms with E-state index in [9.17, 15) is 9.59 Å². The van der Waals surface area contributed by atoms with Gasteiger partial charge in [0.2, 0.25) is 11.8 Å². The van der Waals surface area contributed by atoms with Crippen molar-refractivity contribution in [1.82, 2.24) is 5.32 Å². The molecule has 1 aromatic carbocycles. The third kappa shape index (κ3) is 6.43. The molecule has 0 saturated carbocycles. The fourth-order valence-corrected chi connectivity index (χ4v) is 2.26. The summed E-state index contributed by atoms with van der Waals surface area (Å²) in [7, 11) is 1.44. The summed E-state index contributed by atoms with van der Waals surface area (Å²) in [6.45, 7) is 3.46. The second kappa shape index (κ2) is 9.82. The number of nitrogens with one attached hydrogen (secondary N) is 2. The van der Waals surface area contributed by atoms with Crippen LogP contribution in [0.5, 0.6) is 5.75 Å². The number of hydrogen-bond donors (Lipinski definition) is 3. The molecule has 2 amide bonds. The Morgan fingerprint density at radius 3 is 2.22 bits per heavy atom. The third-order valence-electron chi connectivity index (χ3n) is 2.93. The quantitative estimate of drug-likeness (QED) is 0.702. The summed E-state index contributed by atoms with van der Waals surface area (Å²) in [6, 6.07) is 2.36. The molecule has 0 saturated heterocycles. The lowest BCUT2D eigenvalue weighted by Crippen LogP contribution is -2.46. The molecule has 6 nitrogen and oxygen atoms in total. The summed E-state index contributed by atoms with van der Waals surface area (Å²) < 4.78 is 5.02. The highest BCUT2D eigenvalue weighted by Gasteiger charge is 2.18. The Hall–Kier alpha value is -1.21. The summed E-state index contributed by atoms with van der Waals surface area (Å²) in [6.07, 6.45) is 0. The summed E-state index contributed by atoms with van der Waals surface area (Å²) in [5.41, 5.74) is 6.08. The first kappa shape index (κ1) is 21.8. The number of ether oxygens (including phenoxy) is 1. The van der Waals surface area contributed by atoms with Gasteiger partial charge in [0.25, 0.3) is 0 Å². The molecule has 1 rings (SSSR count). The molecule has 0 radical (unpaired) electrons. The number of nitrogens with two attached hydrogens (primary N) is 1. The molecule has 1 aromatic rings. The number of carbonyl (C=O) groups excluding carboxylic acids is 2. The summed E-state index contributed by atoms with van der Waals surface area (Å²) in [4.78, 5) is 23.5. The summed E-state index contributed by atoms with van der Waals surface area (Å²) >= 11 is 12.0. The van der Waals surface area contributed by atoms with Crippen LogP contribution >= 0.6 is 35.6 Å². The highest BCUT2D eigenvalue weighted by molar-refractivity contribution is 6.37. The normalized spacial score (nSPS) is 11.4. The van der Waals surface area contributed by atoms with Gasteiger partial charge in [-0.2, -0.15) is 0 Å². The van der Waals surface area contributed by atoms with Gasteiger partial charge in [0.1, 0.15) is 0 Å². The smallest absolute Gasteiger partial charge is 0.243 e. The molecule has 0 heterocycles. The maximum Gasteiger partial charge on any atom is 0.243 e. The summed E-state index contributed by atoms with van der Waals surface area (Å²) in [5.74, 6) is -0.475. The average Bonchev–Trinajstić information content (AvgIpc) is 2.43. The number of rotatable bonds is 6. The molecule has 1 atom stereocenters. The highest BCUT2D eigenvalue weighted by atomic mass is 35.5. The molecular formula is C14H20Cl3N3O3. The van der Waals surface area contributed by atoms with Gasteiger partial charge in [-0.15, -0.1) is 12.4 Å². The molecule has 0 spiro atoms. The van der Waals surface area contributed by atoms with E-state index in [1.165, 1.54) is 19.2 Å². The SMILES string of the molecule is COc1c(Cl)cc(NC(=O)CNC(=O)[C@@H](N)C(C)C)cc1Cl.Cl. The number of amides is 2. The Morgan fingerprint density at radius 1 is 1.26 bits per heavy atom. The first-order valence-corrected chi connectivity index (χ1v) is 7.38. The van der Waals surface area contributed by atoms with Crippen LogP contribution in [-0.4, -0.2) is 31.5 Å². The van der Waals surface area contributed by atoms with Gasteiger partial charge in [-0.25, -0.2) is 0 Å². The van der Waals surface area contributed by atoms with Crippen molar-refractivity contribution in [2.24, 2.45) is 11.7 Å². The van der Waals surface area contributed by atoms with Crippen molar-refractivity contribution in [3.63, 3.8) is 0 Å². The number of benzene rings is 1. The molecule has 23 heavy (non-hydrogen) atoms. The van der Waals surface area contributed by atoms with Gasteiger partial charge in [0.15, 0.2) is 5.75 Å². The van der Waals surface area contributed by atoms with E-state index in [-0.39, 0.29) is 40.8 Å². The largest absolute Gasteiger partial charge is 0.494 e. The van der Waals surface area contributed by atoms with Crippen LogP contribution < -0.4 is 21.1 Å². The molecule has 0 fully saturated rings. The fourth-order valence-electron chi connectivity index (χ4n) is 1.62. The van der Waals surface area contributed by atoms with Crippen LogP contribution in [0.4, 0.5) is 5.69 Å². The second-order valence-corrected chi connectivity index (χ2v) is 5.82. The Bertz CT molecular complexity index is 544. The Kier molecular flexibility index (Phi) is 9.31. The lowest BCUT2D eigenvalue weighted by Gasteiger charge is -2.15. The van der Waals surface area contributed by atoms with Crippen LogP contribution in [-0.2, 0) is 9.59 Å². The third-order valence-corrected chi connectivity index (χ3v) is 3.49. The Balaban J connectivity index is 0.00000484. The van der Waals surface area contributed by atoms with Gasteiger partial charge < -0.3 is 21.1 Å².